The number of carbonyl (C=O) groups is 1. The van der Waals surface area contributed by atoms with Crippen molar-refractivity contribution in [3.63, 3.8) is 0 Å². The molecule has 0 bridgehead atoms. The largest absolute Gasteiger partial charge is 0.339 e. The van der Waals surface area contributed by atoms with Crippen LogP contribution >= 0.6 is 47.0 Å². The maximum Gasteiger partial charge on any atom is 0.252 e. The van der Waals surface area contributed by atoms with Crippen molar-refractivity contribution in [3.8, 4) is 0 Å². The van der Waals surface area contributed by atoms with E-state index in [1.165, 1.54) is 12.1 Å². The van der Waals surface area contributed by atoms with Crippen molar-refractivity contribution in [1.82, 2.24) is 10.6 Å². The van der Waals surface area contributed by atoms with E-state index in [1.54, 1.807) is 12.1 Å². The van der Waals surface area contributed by atoms with Crippen LogP contribution in [-0.4, -0.2) is 21.0 Å². The first-order valence-corrected chi connectivity index (χ1v) is 8.55. The molecular formula is C16H13Cl3FN3OS. The molecule has 9 heteroatoms. The van der Waals surface area contributed by atoms with Gasteiger partial charge >= 0.3 is 0 Å². The number of alkyl halides is 3. The third-order valence-electron chi connectivity index (χ3n) is 3.02. The van der Waals surface area contributed by atoms with E-state index in [0.717, 1.165) is 17.8 Å². The van der Waals surface area contributed by atoms with Crippen molar-refractivity contribution < 1.29 is 9.18 Å². The minimum absolute atomic E-state index is 0.155. The highest BCUT2D eigenvalue weighted by atomic mass is 35.6. The number of anilines is 1. The molecule has 0 aliphatic heterocycles. The quantitative estimate of drug-likeness (QED) is 0.393. The number of hydrogen-bond donors (Lipinski definition) is 3. The van der Waals surface area contributed by atoms with Crippen LogP contribution in [0.2, 0.25) is 0 Å². The molecule has 0 unspecified atom stereocenters. The van der Waals surface area contributed by atoms with Gasteiger partial charge in [0.25, 0.3) is 5.91 Å². The van der Waals surface area contributed by atoms with E-state index in [2.05, 4.69) is 16.0 Å². The topological polar surface area (TPSA) is 53.2 Å². The maximum atomic E-state index is 12.9. The molecule has 0 saturated carbocycles. The lowest BCUT2D eigenvalue weighted by atomic mass is 10.2. The molecule has 0 aromatic heterocycles. The summed E-state index contributed by atoms with van der Waals surface area (Å²) in [6, 6.07) is 14.1. The second-order valence-electron chi connectivity index (χ2n) is 4.92. The number of hydrogen-bond acceptors (Lipinski definition) is 2. The fourth-order valence-corrected chi connectivity index (χ4v) is 2.40. The predicted molar refractivity (Wildman–Crippen MR) is 104 cm³/mol. The number of halogens is 4. The Kier molecular flexibility index (Phi) is 6.84. The van der Waals surface area contributed by atoms with Gasteiger partial charge in [-0.25, -0.2) is 4.39 Å². The van der Waals surface area contributed by atoms with Crippen LogP contribution < -0.4 is 16.0 Å². The Labute approximate surface area is 164 Å². The van der Waals surface area contributed by atoms with Crippen molar-refractivity contribution in [2.45, 2.75) is 9.96 Å². The third-order valence-corrected chi connectivity index (χ3v) is 3.89. The molecule has 2 rings (SSSR count). The molecule has 25 heavy (non-hydrogen) atoms. The maximum absolute atomic E-state index is 12.9. The predicted octanol–water partition coefficient (Wildman–Crippen LogP) is 4.24. The summed E-state index contributed by atoms with van der Waals surface area (Å²) < 4.78 is 11.1. The monoisotopic (exact) mass is 419 g/mol. The number of thiocarbonyl (C=S) groups is 1. The first kappa shape index (κ1) is 19.7. The highest BCUT2D eigenvalue weighted by Gasteiger charge is 2.34. The number of benzene rings is 2. The SMILES string of the molecule is O=C(N[C@H](NC(=S)Nc1ccccc1)C(Cl)(Cl)Cl)c1ccc(F)cc1. The Morgan fingerprint density at radius 1 is 1.00 bits per heavy atom. The molecule has 0 radical (unpaired) electrons. The van der Waals surface area contributed by atoms with Crippen LogP contribution in [0.25, 0.3) is 0 Å². The zero-order chi connectivity index (χ0) is 18.4. The molecule has 1 atom stereocenters. The highest BCUT2D eigenvalue weighted by molar-refractivity contribution is 7.80. The zero-order valence-corrected chi connectivity index (χ0v) is 15.7. The summed E-state index contributed by atoms with van der Waals surface area (Å²) in [6.45, 7) is 0. The summed E-state index contributed by atoms with van der Waals surface area (Å²) in [5, 5.41) is 8.31. The molecule has 0 heterocycles. The summed E-state index contributed by atoms with van der Waals surface area (Å²) in [7, 11) is 0. The minimum atomic E-state index is -1.88. The number of nitrogens with one attached hydrogen (secondary N) is 3. The van der Waals surface area contributed by atoms with Crippen LogP contribution in [0.1, 0.15) is 10.4 Å². The summed E-state index contributed by atoms with van der Waals surface area (Å²) in [6.07, 6.45) is -1.11. The van der Waals surface area contributed by atoms with Gasteiger partial charge < -0.3 is 16.0 Å². The Balaban J connectivity index is 2.04. The van der Waals surface area contributed by atoms with E-state index in [1.807, 2.05) is 18.2 Å². The Bertz CT molecular complexity index is 739. The summed E-state index contributed by atoms with van der Waals surface area (Å²) in [5.41, 5.74) is 0.942. The van der Waals surface area contributed by atoms with Gasteiger partial charge in [-0.3, -0.25) is 4.79 Å². The van der Waals surface area contributed by atoms with E-state index in [9.17, 15) is 9.18 Å². The van der Waals surface area contributed by atoms with Crippen molar-refractivity contribution in [2.24, 2.45) is 0 Å². The molecule has 0 spiro atoms. The Morgan fingerprint density at radius 2 is 1.60 bits per heavy atom. The van der Waals surface area contributed by atoms with Gasteiger partial charge in [0, 0.05) is 11.3 Å². The van der Waals surface area contributed by atoms with Crippen molar-refractivity contribution in [3.05, 3.63) is 66.0 Å². The summed E-state index contributed by atoms with van der Waals surface area (Å²) >= 11 is 22.9. The van der Waals surface area contributed by atoms with Crippen molar-refractivity contribution in [2.75, 3.05) is 5.32 Å². The lowest BCUT2D eigenvalue weighted by Crippen LogP contribution is -2.56. The Hall–Kier alpha value is -1.60. The molecule has 4 nitrogen and oxygen atoms in total. The highest BCUT2D eigenvalue weighted by Crippen LogP contribution is 2.29. The number of carbonyl (C=O) groups excluding carboxylic acids is 1. The second kappa shape index (κ2) is 8.67. The molecule has 2 aromatic rings. The first-order chi connectivity index (χ1) is 11.8. The molecule has 0 aliphatic rings. The van der Waals surface area contributed by atoms with Gasteiger partial charge in [-0.15, -0.1) is 0 Å². The Morgan fingerprint density at radius 3 is 2.16 bits per heavy atom. The average Bonchev–Trinajstić information content (AvgIpc) is 2.54. The van der Waals surface area contributed by atoms with E-state index < -0.39 is 21.7 Å². The second-order valence-corrected chi connectivity index (χ2v) is 7.70. The van der Waals surface area contributed by atoms with Gasteiger partial charge in [-0.1, -0.05) is 53.0 Å². The third kappa shape index (κ3) is 6.32. The molecule has 132 valence electrons. The van der Waals surface area contributed by atoms with E-state index in [0.29, 0.717) is 0 Å². The van der Waals surface area contributed by atoms with Crippen molar-refractivity contribution in [1.29, 1.82) is 0 Å². The standard InChI is InChI=1S/C16H13Cl3FN3OS/c17-16(18,19)14(22-13(24)10-6-8-11(20)9-7-10)23-15(25)21-12-4-2-1-3-5-12/h1-9,14H,(H,22,24)(H2,21,23,25)/t14-/m1/s1. The van der Waals surface area contributed by atoms with Gasteiger partial charge in [0.15, 0.2) is 5.11 Å². The molecule has 2 aromatic carbocycles. The molecule has 0 aliphatic carbocycles. The van der Waals surface area contributed by atoms with Gasteiger partial charge in [0.2, 0.25) is 3.79 Å². The molecular weight excluding hydrogens is 408 g/mol. The number of rotatable bonds is 4. The first-order valence-electron chi connectivity index (χ1n) is 7.01. The minimum Gasteiger partial charge on any atom is -0.339 e. The smallest absolute Gasteiger partial charge is 0.252 e. The summed E-state index contributed by atoms with van der Waals surface area (Å²) in [4.78, 5) is 12.2. The molecule has 3 N–H and O–H groups in total. The normalized spacial score (nSPS) is 12.2. The van der Waals surface area contributed by atoms with Gasteiger partial charge in [0.05, 0.1) is 0 Å². The lowest BCUT2D eigenvalue weighted by Gasteiger charge is -2.27. The van der Waals surface area contributed by atoms with Crippen LogP contribution in [0.4, 0.5) is 10.1 Å². The molecule has 0 fully saturated rings. The van der Waals surface area contributed by atoms with E-state index in [4.69, 9.17) is 47.0 Å². The molecule has 1 amide bonds. The number of para-hydroxylation sites is 1. The van der Waals surface area contributed by atoms with Crippen LogP contribution in [0.15, 0.2) is 54.6 Å². The van der Waals surface area contributed by atoms with Gasteiger partial charge in [-0.2, -0.15) is 0 Å². The fraction of sp³-hybridized carbons (Fsp3) is 0.125. The van der Waals surface area contributed by atoms with Gasteiger partial charge in [-0.05, 0) is 48.6 Å². The van der Waals surface area contributed by atoms with Crippen LogP contribution in [-0.2, 0) is 0 Å². The van der Waals surface area contributed by atoms with Crippen LogP contribution in [0, 0.1) is 5.82 Å². The number of amides is 1. The van der Waals surface area contributed by atoms with E-state index >= 15 is 0 Å². The fourth-order valence-electron chi connectivity index (χ4n) is 1.84. The van der Waals surface area contributed by atoms with Crippen LogP contribution in [0.3, 0.4) is 0 Å². The zero-order valence-electron chi connectivity index (χ0n) is 12.6. The average molecular weight is 421 g/mol. The van der Waals surface area contributed by atoms with Crippen molar-refractivity contribution >= 4 is 63.7 Å². The van der Waals surface area contributed by atoms with Crippen LogP contribution in [0.5, 0.6) is 0 Å². The summed E-state index contributed by atoms with van der Waals surface area (Å²) in [5.74, 6) is -1.01. The van der Waals surface area contributed by atoms with E-state index in [-0.39, 0.29) is 10.7 Å². The lowest BCUT2D eigenvalue weighted by molar-refractivity contribution is 0.0934. The molecule has 0 saturated heterocycles. The van der Waals surface area contributed by atoms with Gasteiger partial charge in [0.1, 0.15) is 12.0 Å².